The number of aliphatic hydroxyl groups is 1. The highest BCUT2D eigenvalue weighted by atomic mass is 32.1. The van der Waals surface area contributed by atoms with Gasteiger partial charge in [0.1, 0.15) is 36.6 Å². The Kier molecular flexibility index (Phi) is 7.22. The standard InChI is InChI=1S/C21H24F3N5O3S/c1-27-21(31)20(26)13-5-4-12(17(23)19(13)25)16-14(22)6-7-15(18(16)24)28-29(32,33)9-10-2-3-11(30)8-10/h4-7,10-11,28,30,32-33H,2-3,8-9H2,1H3,(H3-,25,26,27,31)/p+1. The van der Waals surface area contributed by atoms with Crippen LogP contribution in [-0.4, -0.2) is 45.8 Å². The van der Waals surface area contributed by atoms with Crippen LogP contribution in [0.15, 0.2) is 24.3 Å². The molecule has 2 aromatic carbocycles. The van der Waals surface area contributed by atoms with Crippen molar-refractivity contribution in [1.82, 2.24) is 5.32 Å². The van der Waals surface area contributed by atoms with Crippen molar-refractivity contribution in [3.8, 4) is 11.1 Å². The number of amides is 1. The largest absolute Gasteiger partial charge is 0.396 e. The maximum absolute atomic E-state index is 15.3. The summed E-state index contributed by atoms with van der Waals surface area (Å²) in [6, 6.07) is 4.07. The van der Waals surface area contributed by atoms with Gasteiger partial charge in [0.2, 0.25) is 0 Å². The molecule has 0 radical (unpaired) electrons. The second-order valence-electron chi connectivity index (χ2n) is 7.98. The highest BCUT2D eigenvalue weighted by Crippen LogP contribution is 2.36. The lowest BCUT2D eigenvalue weighted by Gasteiger charge is -2.26. The maximum Gasteiger partial charge on any atom is 0.269 e. The van der Waals surface area contributed by atoms with E-state index in [2.05, 4.69) is 23.6 Å². The Balaban J connectivity index is 1.95. The fourth-order valence-electron chi connectivity index (χ4n) is 3.95. The number of benzene rings is 2. The van der Waals surface area contributed by atoms with E-state index in [1.54, 1.807) is 0 Å². The van der Waals surface area contributed by atoms with Gasteiger partial charge in [-0.05, 0) is 41.6 Å². The average molecular weight is 485 g/mol. The third-order valence-electron chi connectivity index (χ3n) is 5.59. The van der Waals surface area contributed by atoms with Gasteiger partial charge in [-0.1, -0.05) is 6.07 Å². The molecule has 1 saturated carbocycles. The molecule has 2 aromatic rings. The Bertz CT molecular complexity index is 1100. The first kappa shape index (κ1) is 24.8. The van der Waals surface area contributed by atoms with Gasteiger partial charge in [0.25, 0.3) is 5.91 Å². The number of hydrogen-bond donors (Lipinski definition) is 7. The van der Waals surface area contributed by atoms with E-state index in [0.29, 0.717) is 19.3 Å². The van der Waals surface area contributed by atoms with Gasteiger partial charge >= 0.3 is 0 Å². The van der Waals surface area contributed by atoms with Crippen molar-refractivity contribution in [2.24, 2.45) is 5.92 Å². The molecule has 0 bridgehead atoms. The predicted octanol–water partition coefficient (Wildman–Crippen LogP) is 3.01. The van der Waals surface area contributed by atoms with E-state index in [4.69, 9.17) is 11.1 Å². The molecule has 3 rings (SSSR count). The Morgan fingerprint density at radius 2 is 1.94 bits per heavy atom. The summed E-state index contributed by atoms with van der Waals surface area (Å²) < 4.78 is 43.7. The zero-order valence-corrected chi connectivity index (χ0v) is 18.6. The van der Waals surface area contributed by atoms with Gasteiger partial charge in [-0.15, -0.1) is 0 Å². The number of aliphatic hydroxyl groups excluding tert-OH is 1. The van der Waals surface area contributed by atoms with Crippen LogP contribution < -0.4 is 16.5 Å². The first-order valence-corrected chi connectivity index (χ1v) is 10.5. The summed E-state index contributed by atoms with van der Waals surface area (Å²) in [5.74, 6) is -4.36. The number of carbonyl (C=O) groups excluding carboxylic acids is 1. The first-order chi connectivity index (χ1) is 15.4. The fourth-order valence-corrected chi connectivity index (χ4v) is 4.29. The number of likely N-dealkylation sites (N-methyl/N-ethyl adjacent to an activating group) is 1. The summed E-state index contributed by atoms with van der Waals surface area (Å²) in [5.41, 5.74) is 5.11. The van der Waals surface area contributed by atoms with Crippen LogP contribution in [-0.2, 0) is 4.79 Å². The van der Waals surface area contributed by atoms with Crippen LogP contribution in [0.25, 0.3) is 11.1 Å². The Morgan fingerprint density at radius 1 is 1.24 bits per heavy atom. The number of nitrogens with one attached hydrogen (secondary N) is 3. The number of quaternary nitrogens is 1. The molecule has 0 saturated heterocycles. The number of nitrogens with two attached hydrogens (primary N) is 1. The highest BCUT2D eigenvalue weighted by molar-refractivity contribution is 7.74. The molecule has 178 valence electrons. The molecule has 0 aromatic heterocycles. The molecule has 3 unspecified atom stereocenters. The van der Waals surface area contributed by atoms with Crippen molar-refractivity contribution in [2.45, 2.75) is 25.4 Å². The number of thiol groups is 1. The molecule has 0 heterocycles. The molecule has 0 spiro atoms. The SMILES string of the molecule is CNC(=O)C(=N)c1ccc(-c2c(F)ccc(N[N+](O)(S)CC3CCC(O)C3)c2F)c(F)c1N. The summed E-state index contributed by atoms with van der Waals surface area (Å²) in [7, 11) is 1.29. The number of nitrogen functional groups attached to an aromatic ring is 1. The minimum Gasteiger partial charge on any atom is -0.396 e. The maximum atomic E-state index is 15.3. The lowest BCUT2D eigenvalue weighted by molar-refractivity contribution is -0.974. The second-order valence-corrected chi connectivity index (χ2v) is 8.65. The third kappa shape index (κ3) is 5.24. The van der Waals surface area contributed by atoms with Crippen LogP contribution >= 0.6 is 12.8 Å². The normalized spacial score (nSPS) is 19.7. The molecule has 1 fully saturated rings. The Hall–Kier alpha value is -2.80. The molecule has 12 heteroatoms. The van der Waals surface area contributed by atoms with Crippen LogP contribution in [0.1, 0.15) is 24.8 Å². The Morgan fingerprint density at radius 3 is 2.55 bits per heavy atom. The number of nitrogens with zero attached hydrogens (tertiary/aromatic N) is 1. The Labute approximate surface area is 193 Å². The van der Waals surface area contributed by atoms with Crippen molar-refractivity contribution in [2.75, 3.05) is 24.8 Å². The van der Waals surface area contributed by atoms with Crippen molar-refractivity contribution in [3.63, 3.8) is 0 Å². The number of anilines is 2. The van der Waals surface area contributed by atoms with Gasteiger partial charge in [-0.25, -0.2) is 13.2 Å². The first-order valence-electron chi connectivity index (χ1n) is 10.1. The molecule has 1 amide bonds. The minimum absolute atomic E-state index is 0.0317. The summed E-state index contributed by atoms with van der Waals surface area (Å²) in [6.45, 7) is 0.0317. The predicted molar refractivity (Wildman–Crippen MR) is 120 cm³/mol. The van der Waals surface area contributed by atoms with Crippen LogP contribution in [0.2, 0.25) is 0 Å². The van der Waals surface area contributed by atoms with Crippen LogP contribution in [0, 0.1) is 28.8 Å². The van der Waals surface area contributed by atoms with Gasteiger partial charge < -0.3 is 16.2 Å². The van der Waals surface area contributed by atoms with E-state index >= 15 is 8.78 Å². The van der Waals surface area contributed by atoms with E-state index in [1.807, 2.05) is 0 Å². The smallest absolute Gasteiger partial charge is 0.269 e. The molecule has 0 aliphatic heterocycles. The van der Waals surface area contributed by atoms with Gasteiger partial charge in [-0.2, -0.15) is 10.6 Å². The lowest BCUT2D eigenvalue weighted by Crippen LogP contribution is -2.44. The van der Waals surface area contributed by atoms with Gasteiger partial charge in [0.05, 0.1) is 17.4 Å². The van der Waals surface area contributed by atoms with Crippen LogP contribution in [0.5, 0.6) is 0 Å². The number of hydrogen-bond acceptors (Lipinski definition) is 7. The zero-order valence-electron chi connectivity index (χ0n) is 17.7. The molecule has 3 atom stereocenters. The number of hydroxylamine groups is 1. The van der Waals surface area contributed by atoms with Crippen molar-refractivity contribution >= 4 is 35.8 Å². The second kappa shape index (κ2) is 9.59. The highest BCUT2D eigenvalue weighted by Gasteiger charge is 2.34. The van der Waals surface area contributed by atoms with E-state index in [-0.39, 0.29) is 23.7 Å². The van der Waals surface area contributed by atoms with E-state index in [0.717, 1.165) is 24.3 Å². The molecule has 33 heavy (non-hydrogen) atoms. The molecular weight excluding hydrogens is 459 g/mol. The van der Waals surface area contributed by atoms with Gasteiger partial charge in [0, 0.05) is 24.1 Å². The quantitative estimate of drug-likeness (QED) is 0.107. The lowest BCUT2D eigenvalue weighted by atomic mass is 9.97. The third-order valence-corrected chi connectivity index (χ3v) is 5.85. The number of halogens is 3. The number of rotatable bonds is 7. The van der Waals surface area contributed by atoms with Crippen LogP contribution in [0.4, 0.5) is 24.5 Å². The summed E-state index contributed by atoms with van der Waals surface area (Å²) in [5, 5.41) is 30.2. The van der Waals surface area contributed by atoms with Gasteiger partial charge in [0.15, 0.2) is 11.6 Å². The molecule has 1 aliphatic rings. The molecule has 1 aliphatic carbocycles. The van der Waals surface area contributed by atoms with E-state index in [1.165, 1.54) is 7.05 Å². The minimum atomic E-state index is -1.20. The molecular formula is C21H25F3N5O3S+. The number of carbonyl (C=O) groups is 1. The topological polar surface area (TPSA) is 131 Å². The summed E-state index contributed by atoms with van der Waals surface area (Å²) in [4.78, 5) is 11.7. The average Bonchev–Trinajstić information content (AvgIpc) is 3.15. The summed E-state index contributed by atoms with van der Waals surface area (Å²) in [6.07, 6.45) is 1.23. The van der Waals surface area contributed by atoms with Crippen molar-refractivity contribution in [1.29, 1.82) is 5.41 Å². The summed E-state index contributed by atoms with van der Waals surface area (Å²) >= 11 is 4.08. The van der Waals surface area contributed by atoms with Crippen molar-refractivity contribution < 1.29 is 32.4 Å². The van der Waals surface area contributed by atoms with Crippen LogP contribution in [0.3, 0.4) is 0 Å². The molecule has 8 nitrogen and oxygen atoms in total. The van der Waals surface area contributed by atoms with Gasteiger partial charge in [-0.3, -0.25) is 10.2 Å². The van der Waals surface area contributed by atoms with E-state index in [9.17, 15) is 19.5 Å². The fraction of sp³-hybridized carbons (Fsp3) is 0.333. The van der Waals surface area contributed by atoms with Crippen molar-refractivity contribution in [3.05, 3.63) is 47.3 Å². The van der Waals surface area contributed by atoms with E-state index < -0.39 is 56.1 Å². The zero-order chi connectivity index (χ0) is 24.5. The monoisotopic (exact) mass is 484 g/mol. The molecule has 7 N–H and O–H groups in total.